The van der Waals surface area contributed by atoms with Gasteiger partial charge in [-0.15, -0.1) is 11.3 Å². The van der Waals surface area contributed by atoms with Gasteiger partial charge in [-0.25, -0.2) is 13.6 Å². The zero-order valence-corrected chi connectivity index (χ0v) is 13.8. The Labute approximate surface area is 135 Å². The van der Waals surface area contributed by atoms with Crippen molar-refractivity contribution in [2.75, 3.05) is 5.32 Å². The molecule has 3 N–H and O–H groups in total. The number of amides is 1. The summed E-state index contributed by atoms with van der Waals surface area (Å²) in [6.07, 6.45) is 0. The first kappa shape index (κ1) is 16.3. The quantitative estimate of drug-likeness (QED) is 0.875. The molecule has 1 amide bonds. The van der Waals surface area contributed by atoms with Gasteiger partial charge in [0.05, 0.1) is 14.8 Å². The first-order valence-electron chi connectivity index (χ1n) is 5.58. The van der Waals surface area contributed by atoms with Crippen LogP contribution in [-0.2, 0) is 10.0 Å². The van der Waals surface area contributed by atoms with Crippen molar-refractivity contribution in [3.63, 3.8) is 0 Å². The number of hydrogen-bond donors (Lipinski definition) is 2. The van der Waals surface area contributed by atoms with E-state index in [0.29, 0.717) is 15.6 Å². The van der Waals surface area contributed by atoms with Gasteiger partial charge < -0.3 is 5.32 Å². The van der Waals surface area contributed by atoms with E-state index in [2.05, 4.69) is 5.32 Å². The molecule has 5 nitrogen and oxygen atoms in total. The van der Waals surface area contributed by atoms with E-state index in [1.54, 1.807) is 19.1 Å². The van der Waals surface area contributed by atoms with Crippen LogP contribution in [0.25, 0.3) is 0 Å². The van der Waals surface area contributed by atoms with Crippen molar-refractivity contribution in [3.05, 3.63) is 44.1 Å². The molecule has 0 bridgehead atoms. The Hall–Kier alpha value is -1.12. The first-order valence-corrected chi connectivity index (χ1v) is 8.70. The monoisotopic (exact) mass is 364 g/mol. The molecule has 2 rings (SSSR count). The average Bonchev–Trinajstić information content (AvgIpc) is 2.69. The van der Waals surface area contributed by atoms with Gasteiger partial charge in [-0.2, -0.15) is 0 Å². The highest BCUT2D eigenvalue weighted by atomic mass is 35.5. The maximum atomic E-state index is 12.1. The van der Waals surface area contributed by atoms with E-state index < -0.39 is 15.9 Å². The smallest absolute Gasteiger partial charge is 0.258 e. The van der Waals surface area contributed by atoms with Crippen LogP contribution in [0.1, 0.15) is 15.9 Å². The Morgan fingerprint density at radius 1 is 1.29 bits per heavy atom. The van der Waals surface area contributed by atoms with Gasteiger partial charge in [0.15, 0.2) is 0 Å². The fourth-order valence-corrected chi connectivity index (χ4v) is 3.94. The summed E-state index contributed by atoms with van der Waals surface area (Å²) in [5, 5.41) is 7.68. The predicted octanol–water partition coefficient (Wildman–Crippen LogP) is 3.26. The zero-order valence-electron chi connectivity index (χ0n) is 10.7. The van der Waals surface area contributed by atoms with Gasteiger partial charge in [0.1, 0.15) is 4.34 Å². The molecule has 0 saturated heterocycles. The van der Waals surface area contributed by atoms with Crippen LogP contribution in [0, 0.1) is 6.92 Å². The molecule has 0 aliphatic heterocycles. The summed E-state index contributed by atoms with van der Waals surface area (Å²) in [4.78, 5) is 12.0. The number of sulfonamides is 1. The Morgan fingerprint density at radius 3 is 2.48 bits per heavy atom. The molecule has 2 aromatic rings. The van der Waals surface area contributed by atoms with Gasteiger partial charge in [0.2, 0.25) is 10.0 Å². The molecule has 0 atom stereocenters. The Balaban J connectivity index is 2.32. The van der Waals surface area contributed by atoms with Crippen LogP contribution in [-0.4, -0.2) is 14.3 Å². The Bertz CT molecular complexity index is 816. The highest BCUT2D eigenvalue weighted by Gasteiger charge is 2.16. The third-order valence-electron chi connectivity index (χ3n) is 2.65. The lowest BCUT2D eigenvalue weighted by molar-refractivity contribution is 0.102. The molecular weight excluding hydrogens is 355 g/mol. The van der Waals surface area contributed by atoms with E-state index in [1.807, 2.05) is 0 Å². The maximum Gasteiger partial charge on any atom is 0.258 e. The second-order valence-electron chi connectivity index (χ2n) is 4.22. The van der Waals surface area contributed by atoms with E-state index >= 15 is 0 Å². The average molecular weight is 365 g/mol. The number of aryl methyl sites for hydroxylation is 1. The molecule has 0 saturated carbocycles. The maximum absolute atomic E-state index is 12.1. The lowest BCUT2D eigenvalue weighted by Crippen LogP contribution is -2.16. The summed E-state index contributed by atoms with van der Waals surface area (Å²) in [5.74, 6) is -0.479. The minimum absolute atomic E-state index is 0.0465. The second kappa shape index (κ2) is 5.94. The number of carbonyl (C=O) groups excluding carboxylic acids is 1. The van der Waals surface area contributed by atoms with Crippen LogP contribution in [0.3, 0.4) is 0 Å². The van der Waals surface area contributed by atoms with E-state index in [0.717, 1.165) is 11.3 Å². The van der Waals surface area contributed by atoms with Gasteiger partial charge in [0.25, 0.3) is 5.91 Å². The zero-order chi connectivity index (χ0) is 15.8. The number of benzene rings is 1. The topological polar surface area (TPSA) is 89.3 Å². The SMILES string of the molecule is Cc1ccc(NC(=O)c2cc(Cl)sc2Cl)cc1S(N)(=O)=O. The molecule has 0 fully saturated rings. The first-order chi connectivity index (χ1) is 9.68. The number of nitrogens with two attached hydrogens (primary N) is 1. The number of halogens is 2. The molecule has 112 valence electrons. The minimum atomic E-state index is -3.86. The van der Waals surface area contributed by atoms with E-state index in [9.17, 15) is 13.2 Å². The summed E-state index contributed by atoms with van der Waals surface area (Å²) in [6.45, 7) is 1.61. The molecule has 1 aromatic heterocycles. The fraction of sp³-hybridized carbons (Fsp3) is 0.0833. The summed E-state index contributed by atoms with van der Waals surface area (Å²) in [6, 6.07) is 5.87. The molecule has 0 spiro atoms. The molecule has 0 aliphatic rings. The van der Waals surface area contributed by atoms with Crippen molar-refractivity contribution in [3.8, 4) is 0 Å². The molecular formula is C12H10Cl2N2O3S2. The van der Waals surface area contributed by atoms with Crippen molar-refractivity contribution in [1.29, 1.82) is 0 Å². The van der Waals surface area contributed by atoms with Gasteiger partial charge in [-0.1, -0.05) is 29.3 Å². The van der Waals surface area contributed by atoms with Crippen LogP contribution < -0.4 is 10.5 Å². The molecule has 0 radical (unpaired) electrons. The molecule has 0 unspecified atom stereocenters. The van der Waals surface area contributed by atoms with Gasteiger partial charge in [0, 0.05) is 5.69 Å². The van der Waals surface area contributed by atoms with Crippen LogP contribution in [0.4, 0.5) is 5.69 Å². The van der Waals surface area contributed by atoms with Crippen LogP contribution in [0.2, 0.25) is 8.67 Å². The second-order valence-corrected chi connectivity index (χ2v) is 8.03. The van der Waals surface area contributed by atoms with Gasteiger partial charge in [-0.05, 0) is 30.7 Å². The third-order valence-corrected chi connectivity index (χ3v) is 5.19. The van der Waals surface area contributed by atoms with E-state index in [1.165, 1.54) is 12.1 Å². The van der Waals surface area contributed by atoms with Gasteiger partial charge in [-0.3, -0.25) is 4.79 Å². The molecule has 1 heterocycles. The summed E-state index contributed by atoms with van der Waals surface area (Å²) >= 11 is 12.7. The summed E-state index contributed by atoms with van der Waals surface area (Å²) in [5.41, 5.74) is 1.02. The molecule has 9 heteroatoms. The standard InChI is InChI=1S/C12H10Cl2N2O3S2/c1-6-2-3-7(4-9(6)21(15,18)19)16-12(17)8-5-10(13)20-11(8)14/h2-5H,1H3,(H,16,17)(H2,15,18,19). The number of rotatable bonds is 3. The Kier molecular flexibility index (Phi) is 4.60. The normalized spacial score (nSPS) is 11.4. The molecule has 1 aromatic carbocycles. The highest BCUT2D eigenvalue weighted by molar-refractivity contribution is 7.89. The number of carbonyl (C=O) groups is 1. The lowest BCUT2D eigenvalue weighted by Gasteiger charge is -2.08. The lowest BCUT2D eigenvalue weighted by atomic mass is 10.2. The van der Waals surface area contributed by atoms with Crippen LogP contribution in [0.5, 0.6) is 0 Å². The highest BCUT2D eigenvalue weighted by Crippen LogP contribution is 2.31. The molecule has 21 heavy (non-hydrogen) atoms. The fourth-order valence-electron chi connectivity index (χ4n) is 1.68. The summed E-state index contributed by atoms with van der Waals surface area (Å²) in [7, 11) is -3.86. The number of primary sulfonamides is 1. The minimum Gasteiger partial charge on any atom is -0.322 e. The van der Waals surface area contributed by atoms with Crippen LogP contribution in [0.15, 0.2) is 29.2 Å². The van der Waals surface area contributed by atoms with Crippen molar-refractivity contribution in [2.24, 2.45) is 5.14 Å². The number of anilines is 1. The van der Waals surface area contributed by atoms with Crippen molar-refractivity contribution < 1.29 is 13.2 Å². The molecule has 0 aliphatic carbocycles. The number of nitrogens with one attached hydrogen (secondary N) is 1. The number of thiophene rings is 1. The number of hydrogen-bond acceptors (Lipinski definition) is 4. The van der Waals surface area contributed by atoms with E-state index in [-0.39, 0.29) is 14.8 Å². The largest absolute Gasteiger partial charge is 0.322 e. The van der Waals surface area contributed by atoms with Crippen molar-refractivity contribution >= 4 is 56.2 Å². The Morgan fingerprint density at radius 2 is 1.95 bits per heavy atom. The summed E-state index contributed by atoms with van der Waals surface area (Å²) < 4.78 is 23.5. The predicted molar refractivity (Wildman–Crippen MR) is 84.8 cm³/mol. The third kappa shape index (κ3) is 3.75. The van der Waals surface area contributed by atoms with E-state index in [4.69, 9.17) is 28.3 Å². The van der Waals surface area contributed by atoms with Crippen LogP contribution >= 0.6 is 34.5 Å². The van der Waals surface area contributed by atoms with Gasteiger partial charge >= 0.3 is 0 Å². The van der Waals surface area contributed by atoms with Crippen molar-refractivity contribution in [1.82, 2.24) is 0 Å². The van der Waals surface area contributed by atoms with Crippen molar-refractivity contribution in [2.45, 2.75) is 11.8 Å².